The minimum Gasteiger partial charge on any atom is -0.467 e. The number of amides is 2. The molecule has 1 aliphatic rings. The van der Waals surface area contributed by atoms with Crippen LogP contribution in [0.2, 0.25) is 0 Å². The van der Waals surface area contributed by atoms with Crippen LogP contribution in [-0.4, -0.2) is 54.9 Å². The molecule has 8 heteroatoms. The van der Waals surface area contributed by atoms with Crippen molar-refractivity contribution >= 4 is 18.2 Å². The van der Waals surface area contributed by atoms with Crippen molar-refractivity contribution in [1.82, 2.24) is 10.2 Å². The predicted octanol–water partition coefficient (Wildman–Crippen LogP) is 2.71. The normalized spacial score (nSPS) is 19.1. The number of methoxy groups -OCH3 is 1. The molecule has 0 aliphatic carbocycles. The van der Waals surface area contributed by atoms with Crippen LogP contribution >= 0.6 is 0 Å². The molecule has 1 aromatic carbocycles. The van der Waals surface area contributed by atoms with Crippen LogP contribution in [0.3, 0.4) is 0 Å². The Hall–Kier alpha value is -2.77. The van der Waals surface area contributed by atoms with E-state index in [1.54, 1.807) is 20.8 Å². The van der Waals surface area contributed by atoms with Crippen molar-refractivity contribution in [2.24, 2.45) is 5.92 Å². The fraction of sp³-hybridized carbons (Fsp3) is 0.550. The molecular weight excluding hydrogens is 364 g/mol. The van der Waals surface area contributed by atoms with Gasteiger partial charge in [0.2, 0.25) is 0 Å². The Kier molecular flexibility index (Phi) is 7.25. The summed E-state index contributed by atoms with van der Waals surface area (Å²) < 4.78 is 15.4. The van der Waals surface area contributed by atoms with E-state index in [0.717, 1.165) is 5.56 Å². The molecule has 2 rings (SSSR count). The summed E-state index contributed by atoms with van der Waals surface area (Å²) in [5.41, 5.74) is 0.218. The number of carbonyl (C=O) groups is 3. The summed E-state index contributed by atoms with van der Waals surface area (Å²) in [4.78, 5) is 37.7. The molecule has 0 aromatic heterocycles. The van der Waals surface area contributed by atoms with E-state index in [1.807, 2.05) is 30.3 Å². The molecule has 1 fully saturated rings. The van der Waals surface area contributed by atoms with Crippen molar-refractivity contribution in [2.45, 2.75) is 45.4 Å². The van der Waals surface area contributed by atoms with Crippen molar-refractivity contribution in [3.05, 3.63) is 35.9 Å². The van der Waals surface area contributed by atoms with E-state index in [0.29, 0.717) is 6.42 Å². The zero-order chi connectivity index (χ0) is 20.7. The summed E-state index contributed by atoms with van der Waals surface area (Å²) in [7, 11) is 1.28. The summed E-state index contributed by atoms with van der Waals surface area (Å²) >= 11 is 0. The average Bonchev–Trinajstić information content (AvgIpc) is 3.08. The highest BCUT2D eigenvalue weighted by Crippen LogP contribution is 2.26. The molecule has 0 spiro atoms. The Morgan fingerprint density at radius 3 is 2.46 bits per heavy atom. The van der Waals surface area contributed by atoms with Crippen molar-refractivity contribution in [2.75, 3.05) is 20.2 Å². The topological polar surface area (TPSA) is 94.2 Å². The highest BCUT2D eigenvalue weighted by Gasteiger charge is 2.42. The smallest absolute Gasteiger partial charge is 0.411 e. The van der Waals surface area contributed by atoms with E-state index in [1.165, 1.54) is 12.0 Å². The number of rotatable bonds is 5. The molecule has 1 saturated heterocycles. The highest BCUT2D eigenvalue weighted by atomic mass is 16.6. The Balaban J connectivity index is 1.87. The van der Waals surface area contributed by atoms with Crippen LogP contribution in [0.1, 0.15) is 32.8 Å². The van der Waals surface area contributed by atoms with Crippen molar-refractivity contribution in [3.63, 3.8) is 0 Å². The maximum absolute atomic E-state index is 12.4. The zero-order valence-corrected chi connectivity index (χ0v) is 16.8. The SMILES string of the molecule is COC(=O)[C@H]1C[C@H](CNC(=O)OCc2ccccc2)CN1C(=O)OC(C)(C)C. The largest absolute Gasteiger partial charge is 0.467 e. The first-order chi connectivity index (χ1) is 13.2. The Morgan fingerprint density at radius 1 is 1.18 bits per heavy atom. The van der Waals surface area contributed by atoms with E-state index in [9.17, 15) is 14.4 Å². The maximum atomic E-state index is 12.4. The molecule has 2 amide bonds. The van der Waals surface area contributed by atoms with Crippen LogP contribution in [0.15, 0.2) is 30.3 Å². The van der Waals surface area contributed by atoms with Crippen molar-refractivity contribution in [3.8, 4) is 0 Å². The summed E-state index contributed by atoms with van der Waals surface area (Å²) in [5, 5.41) is 2.69. The second-order valence-electron chi connectivity index (χ2n) is 7.72. The molecule has 0 bridgehead atoms. The van der Waals surface area contributed by atoms with Crippen LogP contribution in [-0.2, 0) is 25.6 Å². The van der Waals surface area contributed by atoms with Gasteiger partial charge in [0.1, 0.15) is 18.2 Å². The van der Waals surface area contributed by atoms with Gasteiger partial charge in [-0.15, -0.1) is 0 Å². The number of benzene rings is 1. The van der Waals surface area contributed by atoms with E-state index in [2.05, 4.69) is 5.32 Å². The average molecular weight is 392 g/mol. The van der Waals surface area contributed by atoms with Gasteiger partial charge in [-0.2, -0.15) is 0 Å². The number of nitrogens with one attached hydrogen (secondary N) is 1. The minimum absolute atomic E-state index is 0.110. The lowest BCUT2D eigenvalue weighted by Crippen LogP contribution is -2.44. The lowest BCUT2D eigenvalue weighted by molar-refractivity contribution is -0.145. The molecule has 0 saturated carbocycles. The van der Waals surface area contributed by atoms with Gasteiger partial charge in [-0.05, 0) is 38.7 Å². The number of alkyl carbamates (subject to hydrolysis) is 1. The summed E-state index contributed by atoms with van der Waals surface area (Å²) in [6.07, 6.45) is -0.739. The first-order valence-corrected chi connectivity index (χ1v) is 9.21. The van der Waals surface area contributed by atoms with Gasteiger partial charge in [-0.1, -0.05) is 30.3 Å². The summed E-state index contributed by atoms with van der Waals surface area (Å²) in [6.45, 7) is 6.02. The zero-order valence-electron chi connectivity index (χ0n) is 16.8. The maximum Gasteiger partial charge on any atom is 0.411 e. The number of likely N-dealkylation sites (tertiary alicyclic amines) is 1. The van der Waals surface area contributed by atoms with Crippen molar-refractivity contribution in [1.29, 1.82) is 0 Å². The van der Waals surface area contributed by atoms with Gasteiger partial charge < -0.3 is 19.5 Å². The van der Waals surface area contributed by atoms with Gasteiger partial charge in [0, 0.05) is 13.1 Å². The third-order valence-corrected chi connectivity index (χ3v) is 4.24. The third-order valence-electron chi connectivity index (χ3n) is 4.24. The van der Waals surface area contributed by atoms with E-state index < -0.39 is 29.8 Å². The quantitative estimate of drug-likeness (QED) is 0.612. The Morgan fingerprint density at radius 2 is 1.86 bits per heavy atom. The van der Waals surface area contributed by atoms with Gasteiger partial charge in [0.15, 0.2) is 0 Å². The third kappa shape index (κ3) is 6.44. The fourth-order valence-electron chi connectivity index (χ4n) is 2.95. The van der Waals surface area contributed by atoms with Gasteiger partial charge in [-0.25, -0.2) is 14.4 Å². The van der Waals surface area contributed by atoms with Gasteiger partial charge >= 0.3 is 18.2 Å². The first kappa shape index (κ1) is 21.5. The molecule has 0 radical (unpaired) electrons. The minimum atomic E-state index is -0.730. The molecular formula is C20H28N2O6. The molecule has 28 heavy (non-hydrogen) atoms. The predicted molar refractivity (Wildman–Crippen MR) is 101 cm³/mol. The number of ether oxygens (including phenoxy) is 3. The molecule has 1 heterocycles. The monoisotopic (exact) mass is 392 g/mol. The van der Waals surface area contributed by atoms with E-state index in [-0.39, 0.29) is 25.6 Å². The van der Waals surface area contributed by atoms with Gasteiger partial charge in [-0.3, -0.25) is 4.90 Å². The van der Waals surface area contributed by atoms with Crippen LogP contribution < -0.4 is 5.32 Å². The number of carbonyl (C=O) groups excluding carboxylic acids is 3. The summed E-state index contributed by atoms with van der Waals surface area (Å²) in [5.74, 6) is -0.610. The molecule has 1 aliphatic heterocycles. The summed E-state index contributed by atoms with van der Waals surface area (Å²) in [6, 6.07) is 8.62. The Labute approximate surface area is 165 Å². The van der Waals surface area contributed by atoms with Crippen LogP contribution in [0.4, 0.5) is 9.59 Å². The first-order valence-electron chi connectivity index (χ1n) is 9.21. The number of nitrogens with zero attached hydrogens (tertiary/aromatic N) is 1. The van der Waals surface area contributed by atoms with Crippen LogP contribution in [0.5, 0.6) is 0 Å². The molecule has 2 atom stereocenters. The highest BCUT2D eigenvalue weighted by molar-refractivity contribution is 5.82. The number of hydrogen-bond acceptors (Lipinski definition) is 6. The molecule has 154 valence electrons. The van der Waals surface area contributed by atoms with E-state index >= 15 is 0 Å². The van der Waals surface area contributed by atoms with Crippen LogP contribution in [0, 0.1) is 5.92 Å². The standard InChI is InChI=1S/C20H28N2O6/c1-20(2,3)28-19(25)22-12-15(10-16(22)17(23)26-4)11-21-18(24)27-13-14-8-6-5-7-9-14/h5-9,15-16H,10-13H2,1-4H3,(H,21,24)/t15-,16-/m1/s1. The van der Waals surface area contributed by atoms with Gasteiger partial charge in [0.05, 0.1) is 7.11 Å². The van der Waals surface area contributed by atoms with Crippen molar-refractivity contribution < 1.29 is 28.6 Å². The Bertz CT molecular complexity index is 686. The molecule has 8 nitrogen and oxygen atoms in total. The number of hydrogen-bond donors (Lipinski definition) is 1. The van der Waals surface area contributed by atoms with Crippen LogP contribution in [0.25, 0.3) is 0 Å². The second kappa shape index (κ2) is 9.43. The second-order valence-corrected chi connectivity index (χ2v) is 7.72. The number of esters is 1. The molecule has 0 unspecified atom stereocenters. The lowest BCUT2D eigenvalue weighted by atomic mass is 10.1. The lowest BCUT2D eigenvalue weighted by Gasteiger charge is -2.27. The van der Waals surface area contributed by atoms with Gasteiger partial charge in [0.25, 0.3) is 0 Å². The molecule has 1 N–H and O–H groups in total. The fourth-order valence-corrected chi connectivity index (χ4v) is 2.95. The van der Waals surface area contributed by atoms with E-state index in [4.69, 9.17) is 14.2 Å². The molecule has 1 aromatic rings.